The summed E-state index contributed by atoms with van der Waals surface area (Å²) in [7, 11) is 0. The molecule has 0 aliphatic heterocycles. The molecule has 0 amide bonds. The fraction of sp³-hybridized carbons (Fsp3) is 0.571. The Hall–Kier alpha value is -2.38. The molecule has 2 saturated carbocycles. The van der Waals surface area contributed by atoms with Crippen molar-refractivity contribution in [1.29, 1.82) is 0 Å². The van der Waals surface area contributed by atoms with Gasteiger partial charge in [-0.25, -0.2) is 13.2 Å². The molecule has 2 nitrogen and oxygen atoms in total. The SMILES string of the molecule is CCCC1CCC(C2CCC(c3c(F)ccc(Oc4ccc(OC(F)(F)F)c(F)c4)c3F)CC2)CC1. The third kappa shape index (κ3) is 6.48. The number of alkyl halides is 3. The number of hydrogen-bond donors (Lipinski definition) is 0. The van der Waals surface area contributed by atoms with Gasteiger partial charge in [0.1, 0.15) is 11.6 Å². The van der Waals surface area contributed by atoms with Crippen LogP contribution in [0.5, 0.6) is 17.2 Å². The van der Waals surface area contributed by atoms with Crippen LogP contribution in [0.2, 0.25) is 0 Å². The van der Waals surface area contributed by atoms with E-state index in [2.05, 4.69) is 11.7 Å². The number of hydrogen-bond acceptors (Lipinski definition) is 2. The van der Waals surface area contributed by atoms with Crippen molar-refractivity contribution in [3.63, 3.8) is 0 Å². The summed E-state index contributed by atoms with van der Waals surface area (Å²) in [6, 6.07) is 4.67. The highest BCUT2D eigenvalue weighted by atomic mass is 19.4. The van der Waals surface area contributed by atoms with Crippen LogP contribution in [0.15, 0.2) is 30.3 Å². The van der Waals surface area contributed by atoms with E-state index in [1.165, 1.54) is 38.5 Å². The van der Waals surface area contributed by atoms with Crippen molar-refractivity contribution in [2.75, 3.05) is 0 Å². The molecule has 0 radical (unpaired) electrons. The first-order chi connectivity index (χ1) is 17.1. The molecule has 36 heavy (non-hydrogen) atoms. The smallest absolute Gasteiger partial charge is 0.454 e. The average Bonchev–Trinajstić information content (AvgIpc) is 2.83. The van der Waals surface area contributed by atoms with Gasteiger partial charge >= 0.3 is 6.36 Å². The van der Waals surface area contributed by atoms with E-state index in [4.69, 9.17) is 4.74 Å². The van der Waals surface area contributed by atoms with Crippen molar-refractivity contribution in [1.82, 2.24) is 0 Å². The Morgan fingerprint density at radius 2 is 1.39 bits per heavy atom. The molecule has 2 aliphatic rings. The topological polar surface area (TPSA) is 18.5 Å². The van der Waals surface area contributed by atoms with Gasteiger partial charge in [-0.05, 0) is 86.5 Å². The summed E-state index contributed by atoms with van der Waals surface area (Å²) in [5.41, 5.74) is -0.0323. The second-order valence-corrected chi connectivity index (χ2v) is 10.2. The molecule has 0 saturated heterocycles. The van der Waals surface area contributed by atoms with Gasteiger partial charge in [0.25, 0.3) is 0 Å². The lowest BCUT2D eigenvalue weighted by atomic mass is 9.68. The first kappa shape index (κ1) is 26.7. The van der Waals surface area contributed by atoms with Crippen molar-refractivity contribution in [2.45, 2.75) is 83.4 Å². The van der Waals surface area contributed by atoms with Crippen molar-refractivity contribution < 1.29 is 35.8 Å². The molecular formula is C28H32F6O2. The van der Waals surface area contributed by atoms with Gasteiger partial charge in [0.2, 0.25) is 0 Å². The monoisotopic (exact) mass is 514 g/mol. The van der Waals surface area contributed by atoms with Crippen molar-refractivity contribution in [3.8, 4) is 17.2 Å². The molecule has 4 rings (SSSR count). The Labute approximate surface area is 208 Å². The summed E-state index contributed by atoms with van der Waals surface area (Å²) in [5.74, 6) is -2.50. The van der Waals surface area contributed by atoms with E-state index in [-0.39, 0.29) is 23.0 Å². The highest BCUT2D eigenvalue weighted by Gasteiger charge is 2.34. The number of halogens is 6. The number of ether oxygens (including phenoxy) is 2. The van der Waals surface area contributed by atoms with Gasteiger partial charge < -0.3 is 9.47 Å². The third-order valence-electron chi connectivity index (χ3n) is 7.88. The predicted molar refractivity (Wildman–Crippen MR) is 125 cm³/mol. The zero-order chi connectivity index (χ0) is 25.9. The van der Waals surface area contributed by atoms with Gasteiger partial charge in [-0.15, -0.1) is 13.2 Å². The van der Waals surface area contributed by atoms with Crippen LogP contribution in [-0.2, 0) is 0 Å². The molecular weight excluding hydrogens is 482 g/mol. The lowest BCUT2D eigenvalue weighted by molar-refractivity contribution is -0.275. The molecule has 0 spiro atoms. The molecule has 0 heterocycles. The molecule has 2 fully saturated rings. The lowest BCUT2D eigenvalue weighted by Gasteiger charge is -2.38. The van der Waals surface area contributed by atoms with E-state index < -0.39 is 29.6 Å². The largest absolute Gasteiger partial charge is 0.573 e. The summed E-state index contributed by atoms with van der Waals surface area (Å²) in [6.07, 6.45) is 5.79. The first-order valence-corrected chi connectivity index (χ1v) is 12.9. The Balaban J connectivity index is 1.41. The van der Waals surface area contributed by atoms with Crippen LogP contribution in [0.3, 0.4) is 0 Å². The molecule has 0 N–H and O–H groups in total. The quantitative estimate of drug-likeness (QED) is 0.343. The maximum Gasteiger partial charge on any atom is 0.573 e. The van der Waals surface area contributed by atoms with Crippen LogP contribution in [0.4, 0.5) is 26.3 Å². The Morgan fingerprint density at radius 1 is 0.778 bits per heavy atom. The highest BCUT2D eigenvalue weighted by Crippen LogP contribution is 2.46. The minimum Gasteiger partial charge on any atom is -0.454 e. The fourth-order valence-corrected chi connectivity index (χ4v) is 6.12. The molecule has 2 aromatic rings. The van der Waals surface area contributed by atoms with E-state index in [9.17, 15) is 22.0 Å². The molecule has 0 atom stereocenters. The van der Waals surface area contributed by atoms with Gasteiger partial charge in [0, 0.05) is 11.6 Å². The highest BCUT2D eigenvalue weighted by molar-refractivity contribution is 5.40. The van der Waals surface area contributed by atoms with Crippen LogP contribution >= 0.6 is 0 Å². The van der Waals surface area contributed by atoms with Crippen molar-refractivity contribution >= 4 is 0 Å². The maximum absolute atomic E-state index is 15.3. The Kier molecular flexibility index (Phi) is 8.41. The molecule has 0 unspecified atom stereocenters. The van der Waals surface area contributed by atoms with E-state index in [0.717, 1.165) is 43.0 Å². The zero-order valence-electron chi connectivity index (χ0n) is 20.4. The fourth-order valence-electron chi connectivity index (χ4n) is 6.12. The van der Waals surface area contributed by atoms with Gasteiger partial charge in [-0.1, -0.05) is 32.6 Å². The van der Waals surface area contributed by atoms with Gasteiger partial charge in [-0.2, -0.15) is 0 Å². The molecule has 0 aromatic heterocycles. The van der Waals surface area contributed by atoms with Crippen LogP contribution in [0.1, 0.15) is 82.6 Å². The van der Waals surface area contributed by atoms with Crippen LogP contribution < -0.4 is 9.47 Å². The maximum atomic E-state index is 15.3. The zero-order valence-corrected chi connectivity index (χ0v) is 20.4. The van der Waals surface area contributed by atoms with Crippen LogP contribution in [0, 0.1) is 35.2 Å². The standard InChI is InChI=1S/C28H32F6O2/c1-2-3-17-4-6-18(7-5-17)19-8-10-20(11-9-19)26-22(29)13-15-25(27(26)31)35-21-12-14-24(23(30)16-21)36-28(32,33)34/h12-20H,2-11H2,1H3. The Morgan fingerprint density at radius 3 is 1.97 bits per heavy atom. The van der Waals surface area contributed by atoms with Crippen LogP contribution in [-0.4, -0.2) is 6.36 Å². The van der Waals surface area contributed by atoms with Gasteiger partial charge in [-0.3, -0.25) is 0 Å². The minimum absolute atomic E-state index is 0.0323. The summed E-state index contributed by atoms with van der Waals surface area (Å²) in [5, 5.41) is 0. The van der Waals surface area contributed by atoms with E-state index in [1.54, 1.807) is 0 Å². The molecule has 2 aliphatic carbocycles. The average molecular weight is 515 g/mol. The van der Waals surface area contributed by atoms with Crippen molar-refractivity contribution in [3.05, 3.63) is 53.3 Å². The third-order valence-corrected chi connectivity index (χ3v) is 7.88. The second kappa shape index (κ2) is 11.3. The van der Waals surface area contributed by atoms with Crippen LogP contribution in [0.25, 0.3) is 0 Å². The first-order valence-electron chi connectivity index (χ1n) is 12.9. The summed E-state index contributed by atoms with van der Waals surface area (Å²) in [6.45, 7) is 2.23. The molecule has 198 valence electrons. The Bertz CT molecular complexity index is 1020. The summed E-state index contributed by atoms with van der Waals surface area (Å²) >= 11 is 0. The normalized spacial score (nSPS) is 25.0. The van der Waals surface area contributed by atoms with E-state index in [0.29, 0.717) is 30.7 Å². The van der Waals surface area contributed by atoms with E-state index in [1.807, 2.05) is 0 Å². The molecule has 8 heteroatoms. The lowest BCUT2D eigenvalue weighted by Crippen LogP contribution is -2.26. The van der Waals surface area contributed by atoms with Gasteiger partial charge in [0.05, 0.1) is 0 Å². The predicted octanol–water partition coefficient (Wildman–Crippen LogP) is 9.68. The summed E-state index contributed by atoms with van der Waals surface area (Å²) in [4.78, 5) is 0. The minimum atomic E-state index is -5.05. The molecule has 0 bridgehead atoms. The second-order valence-electron chi connectivity index (χ2n) is 10.2. The number of benzene rings is 2. The molecule has 2 aromatic carbocycles. The van der Waals surface area contributed by atoms with E-state index >= 15 is 4.39 Å². The van der Waals surface area contributed by atoms with Crippen molar-refractivity contribution in [2.24, 2.45) is 17.8 Å². The number of rotatable bonds is 7. The summed E-state index contributed by atoms with van der Waals surface area (Å²) < 4.78 is 90.1. The van der Waals surface area contributed by atoms with Gasteiger partial charge in [0.15, 0.2) is 23.1 Å².